The van der Waals surface area contributed by atoms with E-state index in [-0.39, 0.29) is 17.0 Å². The Morgan fingerprint density at radius 1 is 1.45 bits per heavy atom. The van der Waals surface area contributed by atoms with Crippen LogP contribution < -0.4 is 10.1 Å². The number of halogens is 1. The average molecular weight is 417 g/mol. The van der Waals surface area contributed by atoms with Crippen molar-refractivity contribution in [2.75, 3.05) is 19.6 Å². The summed E-state index contributed by atoms with van der Waals surface area (Å²) < 4.78 is 20.9. The van der Waals surface area contributed by atoms with Crippen molar-refractivity contribution >= 4 is 17.6 Å². The van der Waals surface area contributed by atoms with Gasteiger partial charge in [-0.15, -0.1) is 0 Å². The number of nitro groups is 1. The van der Waals surface area contributed by atoms with Crippen LogP contribution in [0.25, 0.3) is 0 Å². The van der Waals surface area contributed by atoms with Gasteiger partial charge in [0, 0.05) is 41.6 Å². The molecule has 0 saturated heterocycles. The first-order chi connectivity index (χ1) is 13.9. The van der Waals surface area contributed by atoms with Gasteiger partial charge in [0.25, 0.3) is 0 Å². The first-order valence-corrected chi connectivity index (χ1v) is 10.3. The lowest BCUT2D eigenvalue weighted by atomic mass is 10.0. The summed E-state index contributed by atoms with van der Waals surface area (Å²) in [6, 6.07) is 6.94. The van der Waals surface area contributed by atoms with Gasteiger partial charge in [0.05, 0.1) is 6.54 Å². The van der Waals surface area contributed by atoms with Crippen molar-refractivity contribution in [2.24, 2.45) is 0 Å². The van der Waals surface area contributed by atoms with Gasteiger partial charge in [-0.25, -0.2) is 4.39 Å². The van der Waals surface area contributed by atoms with Crippen LogP contribution in [0.5, 0.6) is 6.01 Å². The molecule has 0 bridgehead atoms. The molecule has 1 N–H and O–H groups in total. The van der Waals surface area contributed by atoms with Crippen molar-refractivity contribution in [1.82, 2.24) is 19.8 Å². The Balaban J connectivity index is 1.22. The minimum Gasteiger partial charge on any atom is -0.436 e. The lowest BCUT2D eigenvalue weighted by Crippen LogP contribution is -2.47. The van der Waals surface area contributed by atoms with Crippen LogP contribution in [-0.2, 0) is 6.54 Å². The summed E-state index contributed by atoms with van der Waals surface area (Å²) in [5, 5.41) is 14.5. The van der Waals surface area contributed by atoms with E-state index in [2.05, 4.69) is 15.2 Å². The van der Waals surface area contributed by atoms with E-state index in [1.165, 1.54) is 28.9 Å². The fraction of sp³-hybridized carbons (Fsp3) is 0.421. The van der Waals surface area contributed by atoms with Crippen molar-refractivity contribution < 1.29 is 14.1 Å². The SMILES string of the molecule is C[C@]1(CN2CCC3=C(C2)SC(c2ccc(F)cc2)N3)Cn2cc([N+](=O)[O-])nc2O1. The van der Waals surface area contributed by atoms with Crippen molar-refractivity contribution in [3.63, 3.8) is 0 Å². The number of fused-ring (bicyclic) bond motifs is 1. The van der Waals surface area contributed by atoms with E-state index in [1.54, 1.807) is 16.3 Å². The van der Waals surface area contributed by atoms with Gasteiger partial charge in [-0.2, -0.15) is 0 Å². The Kier molecular flexibility index (Phi) is 4.28. The highest BCUT2D eigenvalue weighted by molar-refractivity contribution is 8.03. The summed E-state index contributed by atoms with van der Waals surface area (Å²) in [7, 11) is 0. The molecule has 8 nitrogen and oxygen atoms in total. The molecule has 3 aliphatic rings. The average Bonchev–Trinajstić information content (AvgIpc) is 3.33. The molecule has 2 atom stereocenters. The molecule has 4 heterocycles. The third kappa shape index (κ3) is 3.46. The van der Waals surface area contributed by atoms with E-state index in [4.69, 9.17) is 4.74 Å². The summed E-state index contributed by atoms with van der Waals surface area (Å²) in [4.78, 5) is 18.0. The third-order valence-corrected chi connectivity index (χ3v) is 6.72. The van der Waals surface area contributed by atoms with Gasteiger partial charge >= 0.3 is 11.8 Å². The molecule has 0 spiro atoms. The zero-order chi connectivity index (χ0) is 20.2. The number of ether oxygens (including phenoxy) is 1. The number of rotatable bonds is 4. The van der Waals surface area contributed by atoms with E-state index in [0.717, 1.165) is 25.1 Å². The van der Waals surface area contributed by atoms with Crippen LogP contribution in [-0.4, -0.2) is 44.6 Å². The van der Waals surface area contributed by atoms with Crippen LogP contribution in [0.2, 0.25) is 0 Å². The molecule has 29 heavy (non-hydrogen) atoms. The van der Waals surface area contributed by atoms with Gasteiger partial charge in [0.2, 0.25) is 0 Å². The molecular weight excluding hydrogens is 397 g/mol. The number of nitrogens with zero attached hydrogens (tertiary/aromatic N) is 4. The maximum absolute atomic E-state index is 13.2. The molecule has 0 aliphatic carbocycles. The van der Waals surface area contributed by atoms with Crippen molar-refractivity contribution in [2.45, 2.75) is 30.9 Å². The molecule has 5 rings (SSSR count). The van der Waals surface area contributed by atoms with E-state index in [9.17, 15) is 14.5 Å². The maximum Gasteiger partial charge on any atom is 0.415 e. The normalized spacial score (nSPS) is 26.1. The monoisotopic (exact) mass is 417 g/mol. The first kappa shape index (κ1) is 18.4. The molecule has 1 aromatic heterocycles. The first-order valence-electron chi connectivity index (χ1n) is 9.42. The minimum absolute atomic E-state index is 0.115. The fourth-order valence-corrected chi connectivity index (χ4v) is 5.48. The number of hydrogen-bond donors (Lipinski definition) is 1. The van der Waals surface area contributed by atoms with Gasteiger partial charge in [-0.05, 0) is 29.5 Å². The van der Waals surface area contributed by atoms with E-state index in [0.29, 0.717) is 19.1 Å². The topological polar surface area (TPSA) is 85.5 Å². The van der Waals surface area contributed by atoms with E-state index < -0.39 is 10.5 Å². The maximum atomic E-state index is 13.2. The zero-order valence-electron chi connectivity index (χ0n) is 15.8. The lowest BCUT2D eigenvalue weighted by molar-refractivity contribution is -0.389. The Bertz CT molecular complexity index is 982. The van der Waals surface area contributed by atoms with Crippen LogP contribution in [0.1, 0.15) is 24.3 Å². The van der Waals surface area contributed by atoms with E-state index in [1.807, 2.05) is 19.1 Å². The van der Waals surface area contributed by atoms with Gasteiger partial charge in [0.15, 0.2) is 0 Å². The van der Waals surface area contributed by atoms with Crippen LogP contribution >= 0.6 is 11.8 Å². The minimum atomic E-state index is -0.507. The molecule has 152 valence electrons. The van der Waals surface area contributed by atoms with Gasteiger partial charge in [-0.3, -0.25) is 9.47 Å². The van der Waals surface area contributed by atoms with Gasteiger partial charge < -0.3 is 20.2 Å². The molecule has 1 unspecified atom stereocenters. The number of benzene rings is 1. The molecule has 3 aliphatic heterocycles. The summed E-state index contributed by atoms with van der Waals surface area (Å²) in [5.74, 6) is -0.411. The van der Waals surface area contributed by atoms with Crippen LogP contribution in [0.3, 0.4) is 0 Å². The Labute approximate surface area is 170 Å². The Morgan fingerprint density at radius 3 is 2.97 bits per heavy atom. The summed E-state index contributed by atoms with van der Waals surface area (Å²) in [6.07, 6.45) is 2.35. The zero-order valence-corrected chi connectivity index (χ0v) is 16.6. The predicted molar refractivity (Wildman–Crippen MR) is 106 cm³/mol. The number of thioether (sulfide) groups is 1. The van der Waals surface area contributed by atoms with Crippen LogP contribution in [0, 0.1) is 15.9 Å². The standard InChI is InChI=1S/C19H20FN5O3S/c1-19(11-24-9-16(25(26)27)22-18(24)28-19)10-23-7-6-14-15(8-23)29-17(21-14)12-2-4-13(20)5-3-12/h2-5,9,17,21H,6-8,10-11H2,1H3/t17?,19-/m0/s1. The van der Waals surface area contributed by atoms with Crippen LogP contribution in [0.4, 0.5) is 10.2 Å². The molecule has 0 fully saturated rings. The second-order valence-electron chi connectivity index (χ2n) is 7.87. The van der Waals surface area contributed by atoms with Gasteiger partial charge in [-0.1, -0.05) is 23.9 Å². The predicted octanol–water partition coefficient (Wildman–Crippen LogP) is 3.03. The highest BCUT2D eigenvalue weighted by Crippen LogP contribution is 2.43. The highest BCUT2D eigenvalue weighted by Gasteiger charge is 2.42. The highest BCUT2D eigenvalue weighted by atomic mass is 32.2. The summed E-state index contributed by atoms with van der Waals surface area (Å²) >= 11 is 1.78. The number of nitrogens with one attached hydrogen (secondary N) is 1. The molecule has 0 amide bonds. The molecule has 0 radical (unpaired) electrons. The number of hydrogen-bond acceptors (Lipinski definition) is 7. The third-order valence-electron chi connectivity index (χ3n) is 5.43. The second kappa shape index (κ2) is 6.74. The van der Waals surface area contributed by atoms with Gasteiger partial charge in [0.1, 0.15) is 23.0 Å². The lowest BCUT2D eigenvalue weighted by Gasteiger charge is -2.33. The second-order valence-corrected chi connectivity index (χ2v) is 9.07. The molecular formula is C19H20FN5O3S. The quantitative estimate of drug-likeness (QED) is 0.605. The Hall–Kier alpha value is -2.59. The van der Waals surface area contributed by atoms with Crippen LogP contribution in [0.15, 0.2) is 41.1 Å². The molecule has 10 heteroatoms. The fourth-order valence-electron chi connectivity index (χ4n) is 4.14. The van der Waals surface area contributed by atoms with Crippen molar-refractivity contribution in [3.05, 3.63) is 62.6 Å². The largest absolute Gasteiger partial charge is 0.436 e. The molecule has 2 aromatic rings. The Morgan fingerprint density at radius 2 is 2.24 bits per heavy atom. The van der Waals surface area contributed by atoms with Crippen molar-refractivity contribution in [1.29, 1.82) is 0 Å². The van der Waals surface area contributed by atoms with E-state index >= 15 is 0 Å². The summed E-state index contributed by atoms with van der Waals surface area (Å²) in [5.41, 5.74) is 1.86. The smallest absolute Gasteiger partial charge is 0.415 e. The molecule has 1 aromatic carbocycles. The number of imidazole rings is 1. The van der Waals surface area contributed by atoms with Crippen molar-refractivity contribution in [3.8, 4) is 6.01 Å². The number of aromatic nitrogens is 2. The summed E-state index contributed by atoms with van der Waals surface area (Å²) in [6.45, 7) is 4.99. The molecule has 0 saturated carbocycles.